The summed E-state index contributed by atoms with van der Waals surface area (Å²) in [7, 11) is 1.78. The fourth-order valence-corrected chi connectivity index (χ4v) is 1.96. The van der Waals surface area contributed by atoms with Gasteiger partial charge in [0.1, 0.15) is 5.82 Å². The van der Waals surface area contributed by atoms with E-state index in [2.05, 4.69) is 0 Å². The monoisotopic (exact) mass is 268 g/mol. The predicted octanol–water partition coefficient (Wildman–Crippen LogP) is 1.49. The third kappa shape index (κ3) is 4.96. The molecule has 0 aliphatic heterocycles. The molecule has 0 bridgehead atoms. The quantitative estimate of drug-likeness (QED) is 0.850. The Balaban J connectivity index is 2.69. The van der Waals surface area contributed by atoms with Gasteiger partial charge < -0.3 is 10.0 Å². The van der Waals surface area contributed by atoms with Crippen LogP contribution in [0.2, 0.25) is 0 Å². The fourth-order valence-electron chi connectivity index (χ4n) is 1.96. The Morgan fingerprint density at radius 3 is 2.42 bits per heavy atom. The number of aliphatic hydroxyl groups is 1. The molecule has 1 atom stereocenters. The number of benzene rings is 1. The number of halogens is 1. The number of likely N-dealkylation sites (N-methyl/N-ethyl adjacent to an activating group) is 2. The molecule has 0 saturated heterocycles. The van der Waals surface area contributed by atoms with Gasteiger partial charge in [-0.3, -0.25) is 9.69 Å². The molecule has 1 aromatic carbocycles. The molecule has 4 nitrogen and oxygen atoms in total. The summed E-state index contributed by atoms with van der Waals surface area (Å²) in [6, 6.07) is 5.85. The molecule has 0 spiro atoms. The highest BCUT2D eigenvalue weighted by Gasteiger charge is 2.16. The van der Waals surface area contributed by atoms with Crippen LogP contribution in [-0.2, 0) is 4.79 Å². The molecule has 0 fully saturated rings. The Bertz CT molecular complexity index is 406. The van der Waals surface area contributed by atoms with Gasteiger partial charge in [0.05, 0.1) is 12.6 Å². The summed E-state index contributed by atoms with van der Waals surface area (Å²) in [5.74, 6) is -0.393. The van der Waals surface area contributed by atoms with Crippen molar-refractivity contribution in [1.29, 1.82) is 0 Å². The Labute approximate surface area is 113 Å². The number of carbonyl (C=O) groups is 1. The first-order chi connectivity index (χ1) is 8.93. The van der Waals surface area contributed by atoms with Gasteiger partial charge in [-0.25, -0.2) is 4.39 Å². The average Bonchev–Trinajstić information content (AvgIpc) is 2.31. The van der Waals surface area contributed by atoms with Crippen LogP contribution < -0.4 is 4.90 Å². The normalized spacial score (nSPS) is 12.5. The lowest BCUT2D eigenvalue weighted by Gasteiger charge is -2.25. The lowest BCUT2D eigenvalue weighted by Crippen LogP contribution is -2.41. The standard InChI is InChI=1S/C14H21FN2O2/c1-4-17(13-7-5-12(15)6-8-13)14(19)10-16(3)9-11(2)18/h5-8,11,18H,4,9-10H2,1-3H3. The largest absolute Gasteiger partial charge is 0.392 e. The minimum atomic E-state index is -0.473. The molecule has 1 rings (SSSR count). The van der Waals surface area contributed by atoms with Crippen molar-refractivity contribution in [1.82, 2.24) is 4.90 Å². The number of aliphatic hydroxyl groups excluding tert-OH is 1. The third-order valence-corrected chi connectivity index (χ3v) is 2.74. The van der Waals surface area contributed by atoms with E-state index in [9.17, 15) is 14.3 Å². The smallest absolute Gasteiger partial charge is 0.241 e. The number of amides is 1. The van der Waals surface area contributed by atoms with E-state index in [1.165, 1.54) is 12.1 Å². The van der Waals surface area contributed by atoms with Crippen LogP contribution in [0, 0.1) is 5.82 Å². The van der Waals surface area contributed by atoms with Gasteiger partial charge in [-0.2, -0.15) is 0 Å². The highest BCUT2D eigenvalue weighted by atomic mass is 19.1. The molecule has 0 aliphatic carbocycles. The van der Waals surface area contributed by atoms with E-state index in [0.29, 0.717) is 18.8 Å². The molecule has 1 unspecified atom stereocenters. The van der Waals surface area contributed by atoms with Gasteiger partial charge >= 0.3 is 0 Å². The van der Waals surface area contributed by atoms with Gasteiger partial charge in [0.15, 0.2) is 0 Å². The highest BCUT2D eigenvalue weighted by Crippen LogP contribution is 2.15. The van der Waals surface area contributed by atoms with E-state index in [4.69, 9.17) is 0 Å². The molecule has 0 aliphatic rings. The zero-order valence-electron chi connectivity index (χ0n) is 11.6. The number of carbonyl (C=O) groups excluding carboxylic acids is 1. The van der Waals surface area contributed by atoms with Crippen LogP contribution in [0.5, 0.6) is 0 Å². The lowest BCUT2D eigenvalue weighted by molar-refractivity contribution is -0.119. The number of rotatable bonds is 6. The molecule has 0 saturated carbocycles. The first-order valence-corrected chi connectivity index (χ1v) is 6.36. The van der Waals surface area contributed by atoms with Crippen LogP contribution in [0.15, 0.2) is 24.3 Å². The van der Waals surface area contributed by atoms with Crippen molar-refractivity contribution in [3.05, 3.63) is 30.1 Å². The van der Waals surface area contributed by atoms with Gasteiger partial charge in [-0.05, 0) is 45.2 Å². The minimum absolute atomic E-state index is 0.0720. The SMILES string of the molecule is CCN(C(=O)CN(C)CC(C)O)c1ccc(F)cc1. The van der Waals surface area contributed by atoms with Crippen molar-refractivity contribution in [2.24, 2.45) is 0 Å². The second kappa shape index (κ2) is 7.21. The second-order valence-corrected chi connectivity index (χ2v) is 4.66. The van der Waals surface area contributed by atoms with Crippen LogP contribution in [0.3, 0.4) is 0 Å². The molecular weight excluding hydrogens is 247 g/mol. The lowest BCUT2D eigenvalue weighted by atomic mass is 10.2. The zero-order valence-corrected chi connectivity index (χ0v) is 11.6. The van der Waals surface area contributed by atoms with E-state index < -0.39 is 6.10 Å². The molecular formula is C14H21FN2O2. The van der Waals surface area contributed by atoms with Gasteiger partial charge in [-0.1, -0.05) is 0 Å². The maximum absolute atomic E-state index is 12.9. The van der Waals surface area contributed by atoms with Gasteiger partial charge in [0.2, 0.25) is 5.91 Å². The Morgan fingerprint density at radius 1 is 1.37 bits per heavy atom. The molecule has 19 heavy (non-hydrogen) atoms. The number of hydrogen-bond acceptors (Lipinski definition) is 3. The Hall–Kier alpha value is -1.46. The molecule has 106 valence electrons. The van der Waals surface area contributed by atoms with Crippen LogP contribution in [0.25, 0.3) is 0 Å². The number of nitrogens with zero attached hydrogens (tertiary/aromatic N) is 2. The van der Waals surface area contributed by atoms with Gasteiger partial charge in [-0.15, -0.1) is 0 Å². The summed E-state index contributed by atoms with van der Waals surface area (Å²) >= 11 is 0. The van der Waals surface area contributed by atoms with E-state index in [1.807, 2.05) is 6.92 Å². The summed E-state index contributed by atoms with van der Waals surface area (Å²) in [5.41, 5.74) is 0.680. The van der Waals surface area contributed by atoms with Gasteiger partial charge in [0.25, 0.3) is 0 Å². The van der Waals surface area contributed by atoms with E-state index in [-0.39, 0.29) is 18.3 Å². The summed E-state index contributed by atoms with van der Waals surface area (Å²) < 4.78 is 12.9. The molecule has 0 heterocycles. The van der Waals surface area contributed by atoms with E-state index in [0.717, 1.165) is 0 Å². The zero-order chi connectivity index (χ0) is 14.4. The summed E-state index contributed by atoms with van der Waals surface area (Å²) in [4.78, 5) is 15.5. The van der Waals surface area contributed by atoms with Crippen molar-refractivity contribution < 1.29 is 14.3 Å². The van der Waals surface area contributed by atoms with Crippen LogP contribution in [0.1, 0.15) is 13.8 Å². The average molecular weight is 268 g/mol. The molecule has 1 N–H and O–H groups in total. The van der Waals surface area contributed by atoms with Crippen molar-refractivity contribution in [2.45, 2.75) is 20.0 Å². The molecule has 0 aromatic heterocycles. The first kappa shape index (κ1) is 15.6. The number of hydrogen-bond donors (Lipinski definition) is 1. The number of anilines is 1. The topological polar surface area (TPSA) is 43.8 Å². The van der Waals surface area contributed by atoms with Crippen molar-refractivity contribution in [2.75, 3.05) is 31.6 Å². The maximum Gasteiger partial charge on any atom is 0.241 e. The Morgan fingerprint density at radius 2 is 1.95 bits per heavy atom. The summed E-state index contributed by atoms with van der Waals surface area (Å²) in [6.45, 7) is 4.73. The molecule has 1 amide bonds. The fraction of sp³-hybridized carbons (Fsp3) is 0.500. The molecule has 1 aromatic rings. The Kier molecular flexibility index (Phi) is 5.92. The van der Waals surface area contributed by atoms with Crippen molar-refractivity contribution in [3.8, 4) is 0 Å². The predicted molar refractivity (Wildman–Crippen MR) is 73.6 cm³/mol. The summed E-state index contributed by atoms with van der Waals surface area (Å²) in [6.07, 6.45) is -0.473. The third-order valence-electron chi connectivity index (χ3n) is 2.74. The highest BCUT2D eigenvalue weighted by molar-refractivity contribution is 5.94. The van der Waals surface area contributed by atoms with Crippen molar-refractivity contribution in [3.63, 3.8) is 0 Å². The summed E-state index contributed by atoms with van der Waals surface area (Å²) in [5, 5.41) is 9.27. The molecule has 5 heteroatoms. The van der Waals surface area contributed by atoms with E-state index >= 15 is 0 Å². The second-order valence-electron chi connectivity index (χ2n) is 4.66. The van der Waals surface area contributed by atoms with Crippen LogP contribution >= 0.6 is 0 Å². The van der Waals surface area contributed by atoms with E-state index in [1.54, 1.807) is 35.9 Å². The van der Waals surface area contributed by atoms with Gasteiger partial charge in [0, 0.05) is 18.8 Å². The van der Waals surface area contributed by atoms with Crippen molar-refractivity contribution >= 4 is 11.6 Å². The van der Waals surface area contributed by atoms with Crippen LogP contribution in [-0.4, -0.2) is 48.7 Å². The van der Waals surface area contributed by atoms with Crippen LogP contribution in [0.4, 0.5) is 10.1 Å². The molecule has 0 radical (unpaired) electrons. The first-order valence-electron chi connectivity index (χ1n) is 6.36. The maximum atomic E-state index is 12.9. The minimum Gasteiger partial charge on any atom is -0.392 e.